The predicted octanol–water partition coefficient (Wildman–Crippen LogP) is 3.84. The van der Waals surface area contributed by atoms with Gasteiger partial charge in [0.05, 0.1) is 18.9 Å². The van der Waals surface area contributed by atoms with Gasteiger partial charge in [0, 0.05) is 12.7 Å². The largest absolute Gasteiger partial charge is 0.504 e. The second-order valence-electron chi connectivity index (χ2n) is 6.06. The minimum Gasteiger partial charge on any atom is -0.504 e. The summed E-state index contributed by atoms with van der Waals surface area (Å²) in [7, 11) is 3.01. The van der Waals surface area contributed by atoms with Gasteiger partial charge in [0.15, 0.2) is 11.5 Å². The fraction of sp³-hybridized carbons (Fsp3) is 0.158. The first-order valence-corrected chi connectivity index (χ1v) is 8.82. The molecule has 1 heterocycles. The van der Waals surface area contributed by atoms with E-state index >= 15 is 0 Å². The number of phenolic OH excluding ortho intramolecular Hbond substituents is 1. The molecule has 1 aromatic heterocycles. The fourth-order valence-corrected chi connectivity index (χ4v) is 2.44. The number of hydrogen-bond donors (Lipinski definition) is 4. The highest BCUT2D eigenvalue weighted by molar-refractivity contribution is 5.81. The van der Waals surface area contributed by atoms with Crippen molar-refractivity contribution in [2.45, 2.75) is 6.18 Å². The van der Waals surface area contributed by atoms with E-state index in [1.54, 1.807) is 19.2 Å². The zero-order valence-corrected chi connectivity index (χ0v) is 16.4. The van der Waals surface area contributed by atoms with Crippen molar-refractivity contribution in [3.05, 3.63) is 53.6 Å². The van der Waals surface area contributed by atoms with Crippen molar-refractivity contribution in [2.75, 3.05) is 30.2 Å². The number of aromatic hydroxyl groups is 1. The Kier molecular flexibility index (Phi) is 6.38. The Labute approximate surface area is 175 Å². The van der Waals surface area contributed by atoms with Crippen molar-refractivity contribution in [1.29, 1.82) is 0 Å². The summed E-state index contributed by atoms with van der Waals surface area (Å²) < 4.78 is 43.8. The Morgan fingerprint density at radius 2 is 1.77 bits per heavy atom. The number of alkyl halides is 3. The third-order valence-corrected chi connectivity index (χ3v) is 3.89. The van der Waals surface area contributed by atoms with Crippen molar-refractivity contribution in [3.63, 3.8) is 0 Å². The lowest BCUT2D eigenvalue weighted by Gasteiger charge is -2.11. The number of benzene rings is 2. The third-order valence-electron chi connectivity index (χ3n) is 3.89. The average molecular weight is 433 g/mol. The molecule has 0 saturated heterocycles. The molecule has 31 heavy (non-hydrogen) atoms. The zero-order chi connectivity index (χ0) is 22.4. The van der Waals surface area contributed by atoms with E-state index in [-0.39, 0.29) is 35.0 Å². The van der Waals surface area contributed by atoms with E-state index in [9.17, 15) is 18.3 Å². The highest BCUT2D eigenvalue weighted by Crippen LogP contribution is 2.31. The van der Waals surface area contributed by atoms with Gasteiger partial charge in [-0.25, -0.2) is 5.43 Å². The van der Waals surface area contributed by atoms with Crippen LogP contribution in [0.4, 0.5) is 36.7 Å². The van der Waals surface area contributed by atoms with Crippen LogP contribution in [0.2, 0.25) is 0 Å². The molecule has 0 bridgehead atoms. The predicted molar refractivity (Wildman–Crippen MR) is 110 cm³/mol. The molecule has 0 aliphatic rings. The minimum absolute atomic E-state index is 0.00551. The molecule has 2 aromatic carbocycles. The fourth-order valence-electron chi connectivity index (χ4n) is 2.44. The number of hydrogen-bond acceptors (Lipinski definition) is 9. The number of halogens is 3. The van der Waals surface area contributed by atoms with Crippen LogP contribution in [0.25, 0.3) is 0 Å². The smallest absolute Gasteiger partial charge is 0.416 e. The number of nitrogens with zero attached hydrogens (tertiary/aromatic N) is 4. The van der Waals surface area contributed by atoms with E-state index in [0.29, 0.717) is 5.56 Å². The normalized spacial score (nSPS) is 11.4. The van der Waals surface area contributed by atoms with Gasteiger partial charge in [0.25, 0.3) is 0 Å². The number of phenols is 1. The first-order valence-electron chi connectivity index (χ1n) is 8.82. The molecule has 162 valence electrons. The lowest BCUT2D eigenvalue weighted by atomic mass is 10.2. The first-order chi connectivity index (χ1) is 14.8. The van der Waals surface area contributed by atoms with Gasteiger partial charge in [0.1, 0.15) is 0 Å². The summed E-state index contributed by atoms with van der Waals surface area (Å²) in [5, 5.41) is 19.1. The van der Waals surface area contributed by atoms with E-state index in [1.165, 1.54) is 31.5 Å². The number of aromatic nitrogens is 3. The van der Waals surface area contributed by atoms with Crippen LogP contribution in [0.5, 0.6) is 11.5 Å². The molecule has 3 rings (SSSR count). The lowest BCUT2D eigenvalue weighted by molar-refractivity contribution is -0.137. The monoisotopic (exact) mass is 433 g/mol. The molecule has 4 N–H and O–H groups in total. The molecule has 0 fully saturated rings. The second-order valence-corrected chi connectivity index (χ2v) is 6.06. The molecular weight excluding hydrogens is 415 g/mol. The molecule has 0 saturated carbocycles. The summed E-state index contributed by atoms with van der Waals surface area (Å²) in [5.41, 5.74) is 2.62. The zero-order valence-electron chi connectivity index (χ0n) is 16.4. The Balaban J connectivity index is 1.78. The standard InChI is InChI=1S/C19H18F3N7O2/c1-23-16-26-17(25-13-5-3-4-12(9-13)19(20,21)22)28-18(27-16)29-24-10-11-6-7-14(30)15(8-11)31-2/h3-10,30H,1-2H3,(H3,23,25,26,27,28,29). The van der Waals surface area contributed by atoms with Crippen molar-refractivity contribution < 1.29 is 23.0 Å². The molecular formula is C19H18F3N7O2. The van der Waals surface area contributed by atoms with E-state index < -0.39 is 11.7 Å². The maximum atomic E-state index is 12.9. The summed E-state index contributed by atoms with van der Waals surface area (Å²) >= 11 is 0. The van der Waals surface area contributed by atoms with Crippen LogP contribution in [0, 0.1) is 0 Å². The van der Waals surface area contributed by atoms with Gasteiger partial charge in [0.2, 0.25) is 17.8 Å². The van der Waals surface area contributed by atoms with Crippen LogP contribution in [0.15, 0.2) is 47.6 Å². The molecule has 0 spiro atoms. The topological polar surface area (TPSA) is 117 Å². The Hall–Kier alpha value is -4.09. The van der Waals surface area contributed by atoms with Crippen molar-refractivity contribution >= 4 is 29.7 Å². The van der Waals surface area contributed by atoms with Gasteiger partial charge in [-0.15, -0.1) is 0 Å². The second kappa shape index (κ2) is 9.15. The average Bonchev–Trinajstić information content (AvgIpc) is 2.74. The van der Waals surface area contributed by atoms with E-state index in [4.69, 9.17) is 4.74 Å². The number of hydrazone groups is 1. The van der Waals surface area contributed by atoms with Crippen LogP contribution >= 0.6 is 0 Å². The molecule has 0 aliphatic carbocycles. The summed E-state index contributed by atoms with van der Waals surface area (Å²) in [6.07, 6.45) is -3.02. The van der Waals surface area contributed by atoms with Crippen LogP contribution in [-0.2, 0) is 6.18 Å². The van der Waals surface area contributed by atoms with Crippen molar-refractivity contribution in [2.24, 2.45) is 5.10 Å². The van der Waals surface area contributed by atoms with Gasteiger partial charge in [-0.05, 0) is 42.0 Å². The summed E-state index contributed by atoms with van der Waals surface area (Å²) in [6, 6.07) is 9.31. The molecule has 0 aliphatic heterocycles. The number of nitrogens with one attached hydrogen (secondary N) is 3. The van der Waals surface area contributed by atoms with Gasteiger partial charge < -0.3 is 20.5 Å². The molecule has 0 amide bonds. The van der Waals surface area contributed by atoms with Crippen LogP contribution in [0.3, 0.4) is 0 Å². The first kappa shape index (κ1) is 21.6. The van der Waals surface area contributed by atoms with Crippen LogP contribution in [0.1, 0.15) is 11.1 Å². The number of ether oxygens (including phenoxy) is 1. The van der Waals surface area contributed by atoms with Crippen molar-refractivity contribution in [1.82, 2.24) is 15.0 Å². The number of anilines is 4. The van der Waals surface area contributed by atoms with Gasteiger partial charge in [-0.2, -0.15) is 33.2 Å². The van der Waals surface area contributed by atoms with Gasteiger partial charge >= 0.3 is 6.18 Å². The summed E-state index contributed by atoms with van der Waals surface area (Å²) in [4.78, 5) is 12.3. The molecule has 0 unspecified atom stereocenters. The quantitative estimate of drug-likeness (QED) is 0.328. The number of methoxy groups -OCH3 is 1. The highest BCUT2D eigenvalue weighted by Gasteiger charge is 2.30. The van der Waals surface area contributed by atoms with Gasteiger partial charge in [-0.1, -0.05) is 6.07 Å². The van der Waals surface area contributed by atoms with E-state index in [0.717, 1.165) is 12.1 Å². The SMILES string of the molecule is CNc1nc(NN=Cc2ccc(O)c(OC)c2)nc(Nc2cccc(C(F)(F)F)c2)n1. The lowest BCUT2D eigenvalue weighted by Crippen LogP contribution is -2.08. The highest BCUT2D eigenvalue weighted by atomic mass is 19.4. The van der Waals surface area contributed by atoms with Crippen LogP contribution in [-0.4, -0.2) is 40.4 Å². The summed E-state index contributed by atoms with van der Waals surface area (Å²) in [5.74, 6) is 0.523. The van der Waals surface area contributed by atoms with E-state index in [2.05, 4.69) is 36.1 Å². The molecule has 0 radical (unpaired) electrons. The molecule has 9 nitrogen and oxygen atoms in total. The van der Waals surface area contributed by atoms with Crippen molar-refractivity contribution in [3.8, 4) is 11.5 Å². The Morgan fingerprint density at radius 1 is 1.03 bits per heavy atom. The maximum absolute atomic E-state index is 12.9. The molecule has 12 heteroatoms. The maximum Gasteiger partial charge on any atom is 0.416 e. The van der Waals surface area contributed by atoms with E-state index in [1.807, 2.05) is 0 Å². The third kappa shape index (κ3) is 5.72. The Bertz CT molecular complexity index is 1090. The van der Waals surface area contributed by atoms with Gasteiger partial charge in [-0.3, -0.25) is 0 Å². The number of rotatable bonds is 7. The minimum atomic E-state index is -4.47. The summed E-state index contributed by atoms with van der Waals surface area (Å²) in [6.45, 7) is 0. The Morgan fingerprint density at radius 3 is 2.48 bits per heavy atom. The molecule has 0 atom stereocenters. The van der Waals surface area contributed by atoms with Crippen LogP contribution < -0.4 is 20.8 Å². The molecule has 3 aromatic rings.